The first kappa shape index (κ1) is 22.4. The average molecular weight is 520 g/mol. The molecule has 0 atom stereocenters. The number of aliphatic imine (C=N–C) groups is 1. The molecule has 2 aromatic heterocycles. The van der Waals surface area contributed by atoms with Gasteiger partial charge in [0.05, 0.1) is 22.2 Å². The molecule has 0 bridgehead atoms. The van der Waals surface area contributed by atoms with Gasteiger partial charge in [-0.25, -0.2) is 9.98 Å². The Morgan fingerprint density at radius 1 is 1.33 bits per heavy atom. The van der Waals surface area contributed by atoms with Crippen LogP contribution in [-0.4, -0.2) is 36.6 Å². The maximum atomic E-state index is 4.75. The second-order valence-electron chi connectivity index (χ2n) is 6.88. The molecular weight excluding hydrogens is 489 g/mol. The lowest BCUT2D eigenvalue weighted by Crippen LogP contribution is -2.48. The Kier molecular flexibility index (Phi) is 9.31. The van der Waals surface area contributed by atoms with Crippen molar-refractivity contribution < 1.29 is 0 Å². The second-order valence-corrected chi connectivity index (χ2v) is 8.70. The number of nitrogens with zero attached hydrogens (tertiary/aromatic N) is 3. The van der Waals surface area contributed by atoms with E-state index in [1.807, 2.05) is 11.3 Å². The number of nitrogens with one attached hydrogen (secondary N) is 2. The number of aromatic nitrogens is 1. The van der Waals surface area contributed by atoms with Crippen LogP contribution in [0.2, 0.25) is 0 Å². The standard InChI is InChI=1S/C19H29N5S2.HI/c1-4-20-19(21-12-16-13-26-18(22-16)14(2)3)23-15-7-9-24(10-8-15)17-6-5-11-25-17;/h5-6,11,13-15H,4,7-10,12H2,1-3H3,(H2,20,21,23);1H. The fourth-order valence-electron chi connectivity index (χ4n) is 3.03. The number of halogens is 1. The largest absolute Gasteiger partial charge is 0.363 e. The molecule has 5 nitrogen and oxygen atoms in total. The van der Waals surface area contributed by atoms with E-state index >= 15 is 0 Å². The Balaban J connectivity index is 0.00000261. The zero-order valence-electron chi connectivity index (χ0n) is 16.3. The molecule has 3 heterocycles. The lowest BCUT2D eigenvalue weighted by Gasteiger charge is -2.33. The summed E-state index contributed by atoms with van der Waals surface area (Å²) in [6.45, 7) is 10.2. The molecule has 2 N–H and O–H groups in total. The van der Waals surface area contributed by atoms with Gasteiger partial charge in [-0.05, 0) is 37.3 Å². The molecule has 1 fully saturated rings. The predicted octanol–water partition coefficient (Wildman–Crippen LogP) is 4.67. The number of piperidine rings is 1. The van der Waals surface area contributed by atoms with Crippen molar-refractivity contribution in [3.63, 3.8) is 0 Å². The van der Waals surface area contributed by atoms with Crippen LogP contribution in [0.4, 0.5) is 5.00 Å². The van der Waals surface area contributed by atoms with Crippen LogP contribution in [0.1, 0.15) is 50.2 Å². The third-order valence-electron chi connectivity index (χ3n) is 4.46. The van der Waals surface area contributed by atoms with E-state index in [-0.39, 0.29) is 24.0 Å². The summed E-state index contributed by atoms with van der Waals surface area (Å²) in [5.41, 5.74) is 1.06. The fourth-order valence-corrected chi connectivity index (χ4v) is 4.64. The van der Waals surface area contributed by atoms with Crippen molar-refractivity contribution in [1.82, 2.24) is 15.6 Å². The van der Waals surface area contributed by atoms with Crippen molar-refractivity contribution in [3.05, 3.63) is 33.6 Å². The molecule has 2 aromatic rings. The number of guanidine groups is 1. The van der Waals surface area contributed by atoms with E-state index in [9.17, 15) is 0 Å². The molecule has 1 aliphatic rings. The molecule has 0 spiro atoms. The molecule has 3 rings (SSSR count). The summed E-state index contributed by atoms with van der Waals surface area (Å²) in [5, 5.41) is 13.8. The van der Waals surface area contributed by atoms with Gasteiger partial charge in [0.2, 0.25) is 0 Å². The molecular formula is C19H30IN5S2. The zero-order chi connectivity index (χ0) is 18.4. The molecule has 27 heavy (non-hydrogen) atoms. The van der Waals surface area contributed by atoms with Gasteiger partial charge in [-0.1, -0.05) is 13.8 Å². The highest BCUT2D eigenvalue weighted by Gasteiger charge is 2.20. The van der Waals surface area contributed by atoms with Crippen LogP contribution in [0.25, 0.3) is 0 Å². The normalized spacial score (nSPS) is 15.7. The van der Waals surface area contributed by atoms with Gasteiger partial charge in [0.15, 0.2) is 5.96 Å². The van der Waals surface area contributed by atoms with Gasteiger partial charge in [-0.15, -0.1) is 46.7 Å². The van der Waals surface area contributed by atoms with Gasteiger partial charge in [0, 0.05) is 37.0 Å². The fraction of sp³-hybridized carbons (Fsp3) is 0.579. The summed E-state index contributed by atoms with van der Waals surface area (Å²) < 4.78 is 0. The van der Waals surface area contributed by atoms with E-state index in [1.165, 1.54) is 10.0 Å². The minimum atomic E-state index is 0. The highest BCUT2D eigenvalue weighted by molar-refractivity contribution is 14.0. The van der Waals surface area contributed by atoms with Gasteiger partial charge in [-0.3, -0.25) is 0 Å². The van der Waals surface area contributed by atoms with Crippen LogP contribution in [0.5, 0.6) is 0 Å². The monoisotopic (exact) mass is 519 g/mol. The van der Waals surface area contributed by atoms with E-state index in [0.29, 0.717) is 18.5 Å². The Morgan fingerprint density at radius 2 is 2.11 bits per heavy atom. The lowest BCUT2D eigenvalue weighted by atomic mass is 10.1. The third-order valence-corrected chi connectivity index (χ3v) is 6.58. The first-order valence-corrected chi connectivity index (χ1v) is 11.2. The van der Waals surface area contributed by atoms with Crippen LogP contribution in [0.3, 0.4) is 0 Å². The van der Waals surface area contributed by atoms with Gasteiger partial charge < -0.3 is 15.5 Å². The van der Waals surface area contributed by atoms with Gasteiger partial charge in [0.25, 0.3) is 0 Å². The Labute approximate surface area is 187 Å². The molecule has 0 saturated carbocycles. The number of thiazole rings is 1. The predicted molar refractivity (Wildman–Crippen MR) is 129 cm³/mol. The maximum Gasteiger partial charge on any atom is 0.191 e. The summed E-state index contributed by atoms with van der Waals surface area (Å²) in [5.74, 6) is 1.39. The first-order chi connectivity index (χ1) is 12.7. The smallest absolute Gasteiger partial charge is 0.191 e. The minimum absolute atomic E-state index is 0. The molecule has 0 unspecified atom stereocenters. The maximum absolute atomic E-state index is 4.75. The molecule has 1 aliphatic heterocycles. The van der Waals surface area contributed by atoms with Crippen molar-refractivity contribution >= 4 is 57.6 Å². The summed E-state index contributed by atoms with van der Waals surface area (Å²) in [6.07, 6.45) is 2.27. The van der Waals surface area contributed by atoms with Crippen molar-refractivity contribution in [2.45, 2.75) is 52.1 Å². The zero-order valence-corrected chi connectivity index (χ0v) is 20.2. The summed E-state index contributed by atoms with van der Waals surface area (Å²) >= 11 is 3.56. The van der Waals surface area contributed by atoms with E-state index in [0.717, 1.165) is 44.1 Å². The molecule has 0 radical (unpaired) electrons. The minimum Gasteiger partial charge on any atom is -0.363 e. The third kappa shape index (κ3) is 6.60. The number of anilines is 1. The van der Waals surface area contributed by atoms with Gasteiger partial charge in [0.1, 0.15) is 0 Å². The SMILES string of the molecule is CCNC(=NCc1csc(C(C)C)n1)NC1CCN(c2cccs2)CC1.I. The topological polar surface area (TPSA) is 52.6 Å². The number of hydrogen-bond donors (Lipinski definition) is 2. The van der Waals surface area contributed by atoms with Crippen LogP contribution in [-0.2, 0) is 6.54 Å². The van der Waals surface area contributed by atoms with Crippen molar-refractivity contribution in [2.24, 2.45) is 4.99 Å². The molecule has 150 valence electrons. The Morgan fingerprint density at radius 3 is 2.70 bits per heavy atom. The van der Waals surface area contributed by atoms with Crippen LogP contribution in [0, 0.1) is 0 Å². The molecule has 0 amide bonds. The van der Waals surface area contributed by atoms with Gasteiger partial charge in [-0.2, -0.15) is 0 Å². The number of thiophene rings is 1. The lowest BCUT2D eigenvalue weighted by molar-refractivity contribution is 0.463. The van der Waals surface area contributed by atoms with Crippen molar-refractivity contribution in [3.8, 4) is 0 Å². The van der Waals surface area contributed by atoms with Crippen molar-refractivity contribution in [2.75, 3.05) is 24.5 Å². The van der Waals surface area contributed by atoms with E-state index in [1.54, 1.807) is 11.3 Å². The molecule has 0 aromatic carbocycles. The second kappa shape index (κ2) is 11.2. The van der Waals surface area contributed by atoms with E-state index in [2.05, 4.69) is 64.2 Å². The van der Waals surface area contributed by atoms with E-state index < -0.39 is 0 Å². The Bertz CT molecular complexity index is 691. The van der Waals surface area contributed by atoms with Crippen LogP contribution in [0.15, 0.2) is 27.9 Å². The van der Waals surface area contributed by atoms with E-state index in [4.69, 9.17) is 4.99 Å². The van der Waals surface area contributed by atoms with Crippen LogP contribution >= 0.6 is 46.7 Å². The quantitative estimate of drug-likeness (QED) is 0.331. The number of hydrogen-bond acceptors (Lipinski definition) is 5. The summed E-state index contributed by atoms with van der Waals surface area (Å²) in [7, 11) is 0. The average Bonchev–Trinajstić information content (AvgIpc) is 3.32. The van der Waals surface area contributed by atoms with Gasteiger partial charge >= 0.3 is 0 Å². The molecule has 0 aliphatic carbocycles. The van der Waals surface area contributed by atoms with Crippen molar-refractivity contribution in [1.29, 1.82) is 0 Å². The Hall–Kier alpha value is -0.870. The number of rotatable bonds is 6. The highest BCUT2D eigenvalue weighted by atomic mass is 127. The first-order valence-electron chi connectivity index (χ1n) is 9.43. The summed E-state index contributed by atoms with van der Waals surface area (Å²) in [4.78, 5) is 11.9. The molecule has 1 saturated heterocycles. The molecule has 8 heteroatoms. The summed E-state index contributed by atoms with van der Waals surface area (Å²) in [6, 6.07) is 4.82. The highest BCUT2D eigenvalue weighted by Crippen LogP contribution is 2.24. The van der Waals surface area contributed by atoms with Crippen LogP contribution < -0.4 is 15.5 Å².